The van der Waals surface area contributed by atoms with Crippen LogP contribution in [0.25, 0.3) is 0 Å². The molecule has 0 aliphatic rings. The van der Waals surface area contributed by atoms with Crippen LogP contribution in [-0.4, -0.2) is 33.8 Å². The molecule has 0 bridgehead atoms. The number of aryl methyl sites for hydroxylation is 1. The maximum atomic E-state index is 4.05. The molecule has 0 amide bonds. The number of aromatic nitrogens is 4. The van der Waals surface area contributed by atoms with E-state index in [1.807, 2.05) is 14.1 Å². The fourth-order valence-corrected chi connectivity index (χ4v) is 1.68. The number of nitrogens with zero attached hydrogens (tertiary/aromatic N) is 4. The van der Waals surface area contributed by atoms with Gasteiger partial charge in [0.2, 0.25) is 0 Å². The van der Waals surface area contributed by atoms with E-state index in [-0.39, 0.29) is 0 Å². The second kappa shape index (κ2) is 5.05. The van der Waals surface area contributed by atoms with Crippen molar-refractivity contribution in [3.63, 3.8) is 0 Å². The highest BCUT2D eigenvalue weighted by Crippen LogP contribution is 2.19. The van der Waals surface area contributed by atoms with Gasteiger partial charge in [0.15, 0.2) is 5.82 Å². The Bertz CT molecular complexity index is 268. The molecular weight excluding hydrogens is 178 g/mol. The number of nitrogens with one attached hydrogen (secondary N) is 1. The maximum absolute atomic E-state index is 4.05. The van der Waals surface area contributed by atoms with Crippen LogP contribution in [0.15, 0.2) is 0 Å². The van der Waals surface area contributed by atoms with Gasteiger partial charge in [-0.15, -0.1) is 5.10 Å². The number of tetrazole rings is 1. The van der Waals surface area contributed by atoms with Crippen LogP contribution in [0.4, 0.5) is 0 Å². The first-order valence-corrected chi connectivity index (χ1v) is 5.02. The second-order valence-corrected chi connectivity index (χ2v) is 4.04. The van der Waals surface area contributed by atoms with Crippen molar-refractivity contribution >= 4 is 0 Å². The van der Waals surface area contributed by atoms with Crippen molar-refractivity contribution in [2.45, 2.75) is 26.2 Å². The van der Waals surface area contributed by atoms with E-state index in [0.29, 0.717) is 11.8 Å². The lowest BCUT2D eigenvalue weighted by Gasteiger charge is -2.16. The number of rotatable bonds is 5. The summed E-state index contributed by atoms with van der Waals surface area (Å²) in [5.74, 6) is 2.03. The monoisotopic (exact) mass is 197 g/mol. The largest absolute Gasteiger partial charge is 0.319 e. The molecule has 14 heavy (non-hydrogen) atoms. The zero-order chi connectivity index (χ0) is 10.6. The molecule has 1 heterocycles. The fraction of sp³-hybridized carbons (Fsp3) is 0.889. The van der Waals surface area contributed by atoms with E-state index in [2.05, 4.69) is 34.7 Å². The van der Waals surface area contributed by atoms with Gasteiger partial charge in [0, 0.05) is 19.5 Å². The quantitative estimate of drug-likeness (QED) is 0.749. The summed E-state index contributed by atoms with van der Waals surface area (Å²) in [6.45, 7) is 5.35. The smallest absolute Gasteiger partial charge is 0.155 e. The van der Waals surface area contributed by atoms with Crippen molar-refractivity contribution in [1.82, 2.24) is 25.5 Å². The van der Waals surface area contributed by atoms with Gasteiger partial charge in [0.05, 0.1) is 0 Å². The Labute approximate surface area is 84.9 Å². The molecule has 0 saturated heterocycles. The Morgan fingerprint density at radius 3 is 2.57 bits per heavy atom. The van der Waals surface area contributed by atoms with Gasteiger partial charge >= 0.3 is 0 Å². The third-order valence-corrected chi connectivity index (χ3v) is 2.22. The lowest BCUT2D eigenvalue weighted by atomic mass is 9.96. The van der Waals surface area contributed by atoms with Crippen molar-refractivity contribution in [1.29, 1.82) is 0 Å². The Morgan fingerprint density at radius 1 is 1.43 bits per heavy atom. The second-order valence-electron chi connectivity index (χ2n) is 4.04. The van der Waals surface area contributed by atoms with Crippen molar-refractivity contribution < 1.29 is 0 Å². The Hall–Kier alpha value is -0.970. The summed E-state index contributed by atoms with van der Waals surface area (Å²) >= 11 is 0. The van der Waals surface area contributed by atoms with Crippen LogP contribution in [0.3, 0.4) is 0 Å². The van der Waals surface area contributed by atoms with E-state index >= 15 is 0 Å². The average Bonchev–Trinajstić information content (AvgIpc) is 2.50. The molecule has 5 heteroatoms. The van der Waals surface area contributed by atoms with Gasteiger partial charge in [-0.2, -0.15) is 0 Å². The Morgan fingerprint density at radius 2 is 2.14 bits per heavy atom. The molecule has 1 aromatic heterocycles. The topological polar surface area (TPSA) is 55.6 Å². The van der Waals surface area contributed by atoms with Crippen molar-refractivity contribution in [3.05, 3.63) is 5.82 Å². The third kappa shape index (κ3) is 2.77. The van der Waals surface area contributed by atoms with E-state index in [1.54, 1.807) is 4.68 Å². The molecule has 1 atom stereocenters. The lowest BCUT2D eigenvalue weighted by Crippen LogP contribution is -2.21. The summed E-state index contributed by atoms with van der Waals surface area (Å²) in [5.41, 5.74) is 0. The molecule has 0 aliphatic heterocycles. The van der Waals surface area contributed by atoms with E-state index < -0.39 is 0 Å². The molecule has 1 rings (SSSR count). The van der Waals surface area contributed by atoms with E-state index in [1.165, 1.54) is 0 Å². The SMILES string of the molecule is CNCC(CC(C)C)c1nnnn1C. The summed E-state index contributed by atoms with van der Waals surface area (Å²) in [6.07, 6.45) is 1.11. The normalized spacial score (nSPS) is 13.5. The van der Waals surface area contributed by atoms with Crippen LogP contribution < -0.4 is 5.32 Å². The van der Waals surface area contributed by atoms with Crippen LogP contribution in [0.2, 0.25) is 0 Å². The molecule has 0 aliphatic carbocycles. The zero-order valence-corrected chi connectivity index (χ0v) is 9.36. The van der Waals surface area contributed by atoms with Crippen LogP contribution in [-0.2, 0) is 7.05 Å². The van der Waals surface area contributed by atoms with Crippen LogP contribution in [0, 0.1) is 5.92 Å². The molecule has 0 fully saturated rings. The number of hydrogen-bond donors (Lipinski definition) is 1. The molecule has 80 valence electrons. The molecular formula is C9H19N5. The summed E-state index contributed by atoms with van der Waals surface area (Å²) in [7, 11) is 3.84. The van der Waals surface area contributed by atoms with Gasteiger partial charge < -0.3 is 5.32 Å². The van der Waals surface area contributed by atoms with Gasteiger partial charge in [-0.25, -0.2) is 4.68 Å². The molecule has 1 aromatic rings. The summed E-state index contributed by atoms with van der Waals surface area (Å²) < 4.78 is 1.75. The van der Waals surface area contributed by atoms with Gasteiger partial charge in [-0.3, -0.25) is 0 Å². The van der Waals surface area contributed by atoms with E-state index in [9.17, 15) is 0 Å². The minimum atomic E-state index is 0.403. The predicted octanol–water partition coefficient (Wildman–Crippen LogP) is 0.559. The van der Waals surface area contributed by atoms with Crippen LogP contribution in [0.5, 0.6) is 0 Å². The minimum Gasteiger partial charge on any atom is -0.319 e. The zero-order valence-electron chi connectivity index (χ0n) is 9.36. The van der Waals surface area contributed by atoms with Crippen LogP contribution in [0.1, 0.15) is 32.0 Å². The molecule has 1 N–H and O–H groups in total. The molecule has 0 spiro atoms. The molecule has 0 radical (unpaired) electrons. The predicted molar refractivity (Wildman–Crippen MR) is 54.9 cm³/mol. The molecule has 1 unspecified atom stereocenters. The van der Waals surface area contributed by atoms with Gasteiger partial charge in [0.25, 0.3) is 0 Å². The minimum absolute atomic E-state index is 0.403. The maximum Gasteiger partial charge on any atom is 0.155 e. The standard InChI is InChI=1S/C9H19N5/c1-7(2)5-8(6-10-3)9-11-12-13-14(9)4/h7-8,10H,5-6H2,1-4H3. The molecule has 0 saturated carbocycles. The molecule has 0 aromatic carbocycles. The lowest BCUT2D eigenvalue weighted by molar-refractivity contribution is 0.453. The Balaban J connectivity index is 2.72. The Kier molecular flexibility index (Phi) is 4.00. The average molecular weight is 197 g/mol. The first-order chi connectivity index (χ1) is 6.65. The summed E-state index contributed by atoms with van der Waals surface area (Å²) in [5, 5.41) is 14.8. The molecule has 5 nitrogen and oxygen atoms in total. The van der Waals surface area contributed by atoms with E-state index in [4.69, 9.17) is 0 Å². The van der Waals surface area contributed by atoms with Crippen molar-refractivity contribution in [3.8, 4) is 0 Å². The fourth-order valence-electron chi connectivity index (χ4n) is 1.68. The van der Waals surface area contributed by atoms with E-state index in [0.717, 1.165) is 18.8 Å². The first kappa shape index (κ1) is 11.1. The third-order valence-electron chi connectivity index (χ3n) is 2.22. The summed E-state index contributed by atoms with van der Waals surface area (Å²) in [6, 6.07) is 0. The highest BCUT2D eigenvalue weighted by molar-refractivity contribution is 4.94. The van der Waals surface area contributed by atoms with Gasteiger partial charge in [0.1, 0.15) is 0 Å². The summed E-state index contributed by atoms with van der Waals surface area (Å²) in [4.78, 5) is 0. The van der Waals surface area contributed by atoms with Gasteiger partial charge in [-0.05, 0) is 29.8 Å². The van der Waals surface area contributed by atoms with Crippen LogP contribution >= 0.6 is 0 Å². The van der Waals surface area contributed by atoms with Crippen molar-refractivity contribution in [2.75, 3.05) is 13.6 Å². The number of hydrogen-bond acceptors (Lipinski definition) is 4. The first-order valence-electron chi connectivity index (χ1n) is 5.02. The number of likely N-dealkylation sites (N-methyl/N-ethyl adjacent to an activating group) is 1. The van der Waals surface area contributed by atoms with Gasteiger partial charge in [-0.1, -0.05) is 13.8 Å². The highest BCUT2D eigenvalue weighted by atomic mass is 15.5. The van der Waals surface area contributed by atoms with Crippen molar-refractivity contribution in [2.24, 2.45) is 13.0 Å². The highest BCUT2D eigenvalue weighted by Gasteiger charge is 2.17.